The third-order valence-corrected chi connectivity index (χ3v) is 4.24. The average Bonchev–Trinajstić information content (AvgIpc) is 3.60. The van der Waals surface area contributed by atoms with E-state index in [9.17, 15) is 0 Å². The molecule has 2 aliphatic carbocycles. The summed E-state index contributed by atoms with van der Waals surface area (Å²) in [6.45, 7) is 6.89. The fourth-order valence-corrected chi connectivity index (χ4v) is 2.76. The molecule has 0 unspecified atom stereocenters. The number of methoxy groups -OCH3 is 2. The van der Waals surface area contributed by atoms with Gasteiger partial charge in [-0.25, -0.2) is 12.2 Å². The van der Waals surface area contributed by atoms with E-state index in [1.54, 1.807) is 41.9 Å². The molecule has 2 N–H and O–H groups in total. The van der Waals surface area contributed by atoms with Crippen molar-refractivity contribution in [3.8, 4) is 11.5 Å². The summed E-state index contributed by atoms with van der Waals surface area (Å²) in [6.07, 6.45) is 16.2. The molecule has 0 bridgehead atoms. The van der Waals surface area contributed by atoms with Crippen molar-refractivity contribution in [2.75, 3.05) is 14.2 Å². The van der Waals surface area contributed by atoms with Gasteiger partial charge in [-0.05, 0) is 52.0 Å². The number of rotatable bonds is 4. The van der Waals surface area contributed by atoms with Crippen LogP contribution in [-0.2, 0) is 23.9 Å². The molecule has 0 radical (unpaired) electrons. The Kier molecular flexibility index (Phi) is 19.5. The summed E-state index contributed by atoms with van der Waals surface area (Å²) in [7, 11) is 3.36. The monoisotopic (exact) mass is 656 g/mol. The molecule has 4 rings (SSSR count). The molecule has 0 heterocycles. The topological polar surface area (TPSA) is 58.9 Å². The van der Waals surface area contributed by atoms with Gasteiger partial charge in [0.1, 0.15) is 11.5 Å². The van der Waals surface area contributed by atoms with E-state index in [0.717, 1.165) is 48.2 Å². The average molecular weight is 655 g/mol. The van der Waals surface area contributed by atoms with Crippen molar-refractivity contribution in [3.05, 3.63) is 96.1 Å². The molecule has 0 aliphatic heterocycles. The van der Waals surface area contributed by atoms with E-state index in [1.807, 2.05) is 36.4 Å². The molecular formula is C31H40HfO4. The maximum atomic E-state index is 8.06. The van der Waals surface area contributed by atoms with Crippen LogP contribution in [-0.4, -0.2) is 40.9 Å². The van der Waals surface area contributed by atoms with Crippen LogP contribution in [0.15, 0.2) is 72.8 Å². The molecule has 0 spiro atoms. The third kappa shape index (κ3) is 15.6. The van der Waals surface area contributed by atoms with E-state index in [4.69, 9.17) is 19.7 Å². The first-order valence-electron chi connectivity index (χ1n) is 11.8. The summed E-state index contributed by atoms with van der Waals surface area (Å²) in [5, 5.41) is 16.1. The summed E-state index contributed by atoms with van der Waals surface area (Å²) in [6, 6.07) is 16.2. The third-order valence-electron chi connectivity index (χ3n) is 4.24. The Labute approximate surface area is 232 Å². The van der Waals surface area contributed by atoms with Crippen molar-refractivity contribution >= 4 is 15.4 Å². The minimum atomic E-state index is -0.167. The Morgan fingerprint density at radius 3 is 1.14 bits per heavy atom. The maximum absolute atomic E-state index is 8.06. The molecule has 0 amide bonds. The van der Waals surface area contributed by atoms with Crippen molar-refractivity contribution in [1.82, 2.24) is 0 Å². The number of ether oxygens (including phenoxy) is 2. The van der Waals surface area contributed by atoms with Gasteiger partial charge >= 0.3 is 28.2 Å². The van der Waals surface area contributed by atoms with Gasteiger partial charge in [0.05, 0.1) is 14.2 Å². The zero-order valence-electron chi connectivity index (χ0n) is 22.4. The van der Waals surface area contributed by atoms with Crippen molar-refractivity contribution in [1.29, 1.82) is 0 Å². The summed E-state index contributed by atoms with van der Waals surface area (Å²) in [5.74, 6) is 1.80. The van der Waals surface area contributed by atoms with Crippen LogP contribution >= 0.6 is 0 Å². The number of benzene rings is 2. The van der Waals surface area contributed by atoms with Gasteiger partial charge in [-0.1, -0.05) is 24.3 Å². The van der Waals surface area contributed by atoms with Gasteiger partial charge in [-0.2, -0.15) is 23.3 Å². The molecule has 5 heteroatoms. The number of allylic oxidation sites excluding steroid dienone is 8. The molecule has 2 aliphatic rings. The van der Waals surface area contributed by atoms with E-state index in [1.165, 1.54) is 22.3 Å². The van der Waals surface area contributed by atoms with E-state index >= 15 is 0 Å². The van der Waals surface area contributed by atoms with Crippen LogP contribution in [0.4, 0.5) is 0 Å². The molecule has 0 saturated heterocycles. The first-order chi connectivity index (χ1) is 17.3. The zero-order valence-corrected chi connectivity index (χ0v) is 26.0. The predicted molar refractivity (Wildman–Crippen MR) is 149 cm³/mol. The van der Waals surface area contributed by atoms with E-state index in [0.29, 0.717) is 0 Å². The van der Waals surface area contributed by atoms with Crippen molar-refractivity contribution in [2.45, 2.75) is 52.7 Å². The van der Waals surface area contributed by atoms with Gasteiger partial charge in [0.15, 0.2) is 0 Å². The van der Waals surface area contributed by atoms with E-state index in [2.05, 4.69) is 52.8 Å². The van der Waals surface area contributed by atoms with Crippen LogP contribution in [0, 0.1) is 12.2 Å². The van der Waals surface area contributed by atoms with Gasteiger partial charge in [0.2, 0.25) is 0 Å². The summed E-state index contributed by atoms with van der Waals surface area (Å²) in [5.41, 5.74) is 4.96. The zero-order chi connectivity index (χ0) is 27.3. The van der Waals surface area contributed by atoms with Crippen molar-refractivity contribution < 1.29 is 43.6 Å². The second kappa shape index (κ2) is 20.8. The van der Waals surface area contributed by atoms with Crippen LogP contribution in [0.1, 0.15) is 51.7 Å². The first-order valence-corrected chi connectivity index (χ1v) is 14.3. The molecular weight excluding hydrogens is 615 g/mol. The van der Waals surface area contributed by atoms with Crippen LogP contribution < -0.4 is 9.47 Å². The number of aliphatic hydroxyl groups excluding tert-OH is 2. The second-order valence-corrected chi connectivity index (χ2v) is 8.07. The van der Waals surface area contributed by atoms with Crippen LogP contribution in [0.2, 0.25) is 0 Å². The Balaban J connectivity index is 0.000000502. The van der Waals surface area contributed by atoms with Gasteiger partial charge in [0, 0.05) is 12.2 Å². The van der Waals surface area contributed by atoms with Crippen LogP contribution in [0.25, 0.3) is 11.1 Å². The normalized spacial score (nSPS) is 12.6. The molecule has 2 aromatic rings. The molecule has 0 atom stereocenters. The molecule has 0 fully saturated rings. The number of hydrogen-bond acceptors (Lipinski definition) is 4. The molecule has 2 aromatic carbocycles. The first kappa shape index (κ1) is 33.7. The predicted octanol–water partition coefficient (Wildman–Crippen LogP) is 6.42. The van der Waals surface area contributed by atoms with Crippen molar-refractivity contribution in [3.63, 3.8) is 0 Å². The van der Waals surface area contributed by atoms with Gasteiger partial charge in [-0.15, -0.1) is 24.0 Å². The van der Waals surface area contributed by atoms with Gasteiger partial charge in [-0.3, -0.25) is 12.2 Å². The Hall–Kier alpha value is -2.34. The van der Waals surface area contributed by atoms with E-state index < -0.39 is 0 Å². The molecule has 192 valence electrons. The summed E-state index contributed by atoms with van der Waals surface area (Å²) < 4.78 is 13.6. The SMILES string of the molecule is CC(C)O.CC(C)O.COc1ccc(C2=CC[C-]=C2)cc1.COc1ccc(C2=CC[C-]=C2)cc1.[CH2]=[Hf+2]. The Morgan fingerprint density at radius 1 is 0.667 bits per heavy atom. The fraction of sp³-hybridized carbons (Fsp3) is 0.323. The van der Waals surface area contributed by atoms with Crippen LogP contribution in [0.3, 0.4) is 0 Å². The van der Waals surface area contributed by atoms with Gasteiger partial charge < -0.3 is 19.7 Å². The van der Waals surface area contributed by atoms with Crippen LogP contribution in [0.5, 0.6) is 11.5 Å². The summed E-state index contributed by atoms with van der Waals surface area (Å²) in [4.78, 5) is 0. The fourth-order valence-electron chi connectivity index (χ4n) is 2.76. The molecule has 0 saturated carbocycles. The molecule has 0 aromatic heterocycles. The summed E-state index contributed by atoms with van der Waals surface area (Å²) >= 11 is 1.06. The van der Waals surface area contributed by atoms with Crippen molar-refractivity contribution in [2.24, 2.45) is 0 Å². The standard InChI is InChI=1S/2C12H11O.2C3H8O.CH2.Hf/c2*1-13-12-8-6-11(7-9-12)10-4-2-3-5-10;2*1-3(2)4;;/h2*4-9H,2H2,1H3;2*3-4H,1-2H3;1H2;/q2*-1;;;;+2. The molecule has 36 heavy (non-hydrogen) atoms. The number of aliphatic hydroxyl groups is 2. The second-order valence-electron chi connectivity index (χ2n) is 8.07. The van der Waals surface area contributed by atoms with E-state index in [-0.39, 0.29) is 12.2 Å². The Bertz CT molecular complexity index is 868. The molecule has 4 nitrogen and oxygen atoms in total. The number of hydrogen-bond donors (Lipinski definition) is 2. The quantitative estimate of drug-likeness (QED) is 0.295. The minimum absolute atomic E-state index is 0.167. The van der Waals surface area contributed by atoms with Gasteiger partial charge in [0.25, 0.3) is 0 Å². The Morgan fingerprint density at radius 2 is 0.944 bits per heavy atom.